The van der Waals surface area contributed by atoms with Gasteiger partial charge in [-0.25, -0.2) is 9.59 Å². The van der Waals surface area contributed by atoms with E-state index in [1.807, 2.05) is 0 Å². The van der Waals surface area contributed by atoms with E-state index in [4.69, 9.17) is 33.9 Å². The summed E-state index contributed by atoms with van der Waals surface area (Å²) in [6.45, 7) is 3.82. The second kappa shape index (κ2) is 10.2. The van der Waals surface area contributed by atoms with E-state index in [9.17, 15) is 14.4 Å². The highest BCUT2D eigenvalue weighted by molar-refractivity contribution is 7.80. The van der Waals surface area contributed by atoms with E-state index in [0.29, 0.717) is 22.5 Å². The lowest BCUT2D eigenvalue weighted by Gasteiger charge is -2.10. The molecule has 4 N–H and O–H groups in total. The van der Waals surface area contributed by atoms with Crippen molar-refractivity contribution in [1.82, 2.24) is 10.6 Å². The molecule has 0 bridgehead atoms. The highest BCUT2D eigenvalue weighted by atomic mass is 32.1. The van der Waals surface area contributed by atoms with Crippen LogP contribution in [0.3, 0.4) is 0 Å². The Kier molecular flexibility index (Phi) is 7.33. The maximum absolute atomic E-state index is 13.0. The van der Waals surface area contributed by atoms with Gasteiger partial charge in [0.2, 0.25) is 0 Å². The molecule has 32 heavy (non-hydrogen) atoms. The second-order valence-electron chi connectivity index (χ2n) is 6.45. The number of amides is 2. The minimum Gasteiger partial charge on any atom is -0.450 e. The fourth-order valence-corrected chi connectivity index (χ4v) is 3.48. The standard InChI is InChI=1S/C21H20N4O5S2/c1-3-29-20(27)24-18(31)22-11-5-7-13-14-8-6-12(10-16(14)17(26)15(13)9-11)23-19(32)25-21(28)30-4-2/h5-10H,3-4H2,1-2H3,(H2,22,24,27,31)(H2,23,25,28,32). The topological polar surface area (TPSA) is 118 Å². The van der Waals surface area contributed by atoms with Crippen LogP contribution in [-0.4, -0.2) is 41.4 Å². The zero-order valence-electron chi connectivity index (χ0n) is 17.2. The Labute approximate surface area is 194 Å². The maximum Gasteiger partial charge on any atom is 0.413 e. The summed E-state index contributed by atoms with van der Waals surface area (Å²) in [5.74, 6) is -0.171. The van der Waals surface area contributed by atoms with Gasteiger partial charge in [-0.3, -0.25) is 15.4 Å². The third-order valence-electron chi connectivity index (χ3n) is 4.32. The number of hydrogen-bond acceptors (Lipinski definition) is 7. The molecule has 1 aliphatic carbocycles. The molecule has 9 nitrogen and oxygen atoms in total. The third kappa shape index (κ3) is 5.37. The van der Waals surface area contributed by atoms with Gasteiger partial charge in [-0.15, -0.1) is 0 Å². The lowest BCUT2D eigenvalue weighted by molar-refractivity contribution is 0.104. The van der Waals surface area contributed by atoms with E-state index in [2.05, 4.69) is 21.3 Å². The quantitative estimate of drug-likeness (QED) is 0.421. The molecule has 166 valence electrons. The van der Waals surface area contributed by atoms with Gasteiger partial charge in [0.25, 0.3) is 0 Å². The molecule has 0 saturated carbocycles. The number of benzene rings is 2. The number of thiocarbonyl (C=S) groups is 2. The smallest absolute Gasteiger partial charge is 0.413 e. The first-order valence-electron chi connectivity index (χ1n) is 9.65. The van der Waals surface area contributed by atoms with Crippen LogP contribution < -0.4 is 21.3 Å². The zero-order chi connectivity index (χ0) is 23.3. The van der Waals surface area contributed by atoms with Crippen molar-refractivity contribution in [1.29, 1.82) is 0 Å². The molecule has 0 saturated heterocycles. The first kappa shape index (κ1) is 23.1. The number of ether oxygens (including phenoxy) is 2. The summed E-state index contributed by atoms with van der Waals surface area (Å²) in [6, 6.07) is 10.4. The molecule has 3 rings (SSSR count). The molecule has 0 fully saturated rings. The van der Waals surface area contributed by atoms with Gasteiger partial charge in [-0.2, -0.15) is 0 Å². The van der Waals surface area contributed by atoms with Gasteiger partial charge >= 0.3 is 12.2 Å². The first-order chi connectivity index (χ1) is 15.3. The Hall–Kier alpha value is -3.57. The molecule has 1 aliphatic rings. The van der Waals surface area contributed by atoms with Crippen molar-refractivity contribution in [3.8, 4) is 11.1 Å². The zero-order valence-corrected chi connectivity index (χ0v) is 18.9. The molecule has 0 unspecified atom stereocenters. The second-order valence-corrected chi connectivity index (χ2v) is 7.27. The molecule has 0 radical (unpaired) electrons. The Balaban J connectivity index is 1.72. The normalized spacial score (nSPS) is 11.0. The Morgan fingerprint density at radius 1 is 0.750 bits per heavy atom. The van der Waals surface area contributed by atoms with E-state index in [1.54, 1.807) is 50.2 Å². The third-order valence-corrected chi connectivity index (χ3v) is 4.72. The Morgan fingerprint density at radius 2 is 1.16 bits per heavy atom. The van der Waals surface area contributed by atoms with Crippen molar-refractivity contribution < 1.29 is 23.9 Å². The number of anilines is 2. The molecule has 2 aromatic rings. The summed E-state index contributed by atoms with van der Waals surface area (Å²) in [5.41, 5.74) is 3.63. The molecule has 2 aromatic carbocycles. The number of nitrogens with one attached hydrogen (secondary N) is 4. The van der Waals surface area contributed by atoms with Crippen molar-refractivity contribution in [3.05, 3.63) is 47.5 Å². The molecule has 0 atom stereocenters. The van der Waals surface area contributed by atoms with Crippen LogP contribution in [0.5, 0.6) is 0 Å². The van der Waals surface area contributed by atoms with Crippen LogP contribution in [0.4, 0.5) is 21.0 Å². The Bertz CT molecular complexity index is 1030. The predicted molar refractivity (Wildman–Crippen MR) is 128 cm³/mol. The number of carbonyl (C=O) groups excluding carboxylic acids is 3. The van der Waals surface area contributed by atoms with Crippen LogP contribution in [0.15, 0.2) is 36.4 Å². The number of rotatable bonds is 4. The highest BCUT2D eigenvalue weighted by Gasteiger charge is 2.27. The molecule has 11 heteroatoms. The summed E-state index contributed by atoms with van der Waals surface area (Å²) in [7, 11) is 0. The van der Waals surface area contributed by atoms with Gasteiger partial charge in [0.15, 0.2) is 16.0 Å². The van der Waals surface area contributed by atoms with Gasteiger partial charge in [-0.05, 0) is 73.7 Å². The minimum absolute atomic E-state index is 0.0560. The van der Waals surface area contributed by atoms with Crippen LogP contribution in [0.1, 0.15) is 29.8 Å². The van der Waals surface area contributed by atoms with E-state index >= 15 is 0 Å². The van der Waals surface area contributed by atoms with E-state index < -0.39 is 12.2 Å². The summed E-state index contributed by atoms with van der Waals surface area (Å²) < 4.78 is 9.56. The van der Waals surface area contributed by atoms with Crippen LogP contribution in [0.25, 0.3) is 11.1 Å². The summed E-state index contributed by atoms with van der Waals surface area (Å²) in [4.78, 5) is 35.9. The maximum atomic E-state index is 13.0. The number of hydrogen-bond donors (Lipinski definition) is 4. The van der Waals surface area contributed by atoms with Crippen molar-refractivity contribution in [2.45, 2.75) is 13.8 Å². The van der Waals surface area contributed by atoms with E-state index in [1.165, 1.54) is 0 Å². The van der Waals surface area contributed by atoms with Crippen LogP contribution in [0.2, 0.25) is 0 Å². The predicted octanol–water partition coefficient (Wildman–Crippen LogP) is 3.78. The van der Waals surface area contributed by atoms with Crippen molar-refractivity contribution in [2.75, 3.05) is 23.8 Å². The monoisotopic (exact) mass is 472 g/mol. The average Bonchev–Trinajstić information content (AvgIpc) is 2.99. The number of fused-ring (bicyclic) bond motifs is 3. The molecule has 0 spiro atoms. The van der Waals surface area contributed by atoms with Gasteiger partial charge in [0, 0.05) is 22.5 Å². The van der Waals surface area contributed by atoms with Crippen molar-refractivity contribution in [3.63, 3.8) is 0 Å². The van der Waals surface area contributed by atoms with Gasteiger partial charge in [0.05, 0.1) is 13.2 Å². The number of carbonyl (C=O) groups is 3. The SMILES string of the molecule is CCOC(=O)NC(=S)Nc1ccc2c(c1)C(=O)c1cc(NC(=S)NC(=O)OCC)ccc1-2. The van der Waals surface area contributed by atoms with E-state index in [0.717, 1.165) is 11.1 Å². The largest absolute Gasteiger partial charge is 0.450 e. The molecule has 0 aliphatic heterocycles. The molecule has 2 amide bonds. The fraction of sp³-hybridized carbons (Fsp3) is 0.190. The van der Waals surface area contributed by atoms with Gasteiger partial charge in [0.1, 0.15) is 0 Å². The van der Waals surface area contributed by atoms with E-state index in [-0.39, 0.29) is 29.2 Å². The van der Waals surface area contributed by atoms with Gasteiger partial charge in [-0.1, -0.05) is 12.1 Å². The Morgan fingerprint density at radius 3 is 1.53 bits per heavy atom. The number of ketones is 1. The van der Waals surface area contributed by atoms with Crippen LogP contribution in [0, 0.1) is 0 Å². The van der Waals surface area contributed by atoms with Gasteiger partial charge < -0.3 is 20.1 Å². The van der Waals surface area contributed by atoms with Crippen LogP contribution in [-0.2, 0) is 9.47 Å². The van der Waals surface area contributed by atoms with Crippen molar-refractivity contribution in [2.24, 2.45) is 0 Å². The minimum atomic E-state index is -0.662. The molecular formula is C21H20N4O5S2. The lowest BCUT2D eigenvalue weighted by Crippen LogP contribution is -2.34. The van der Waals surface area contributed by atoms with Crippen LogP contribution >= 0.6 is 24.4 Å². The lowest BCUT2D eigenvalue weighted by atomic mass is 10.1. The molecule has 0 aromatic heterocycles. The fourth-order valence-electron chi connectivity index (χ4n) is 3.08. The summed E-state index contributed by atoms with van der Waals surface area (Å²) in [5, 5.41) is 10.6. The van der Waals surface area contributed by atoms with Crippen molar-refractivity contribution >= 4 is 64.0 Å². The molecule has 0 heterocycles. The first-order valence-corrected chi connectivity index (χ1v) is 10.5. The highest BCUT2D eigenvalue weighted by Crippen LogP contribution is 2.39. The molecular weight excluding hydrogens is 452 g/mol. The summed E-state index contributed by atoms with van der Waals surface area (Å²) in [6.07, 6.45) is -1.32. The average molecular weight is 473 g/mol. The number of alkyl carbamates (subject to hydrolysis) is 2. The summed E-state index contributed by atoms with van der Waals surface area (Å²) >= 11 is 10.2.